The molecular formula is C25H22ClF3N2O2. The summed E-state index contributed by atoms with van der Waals surface area (Å²) in [6, 6.07) is 17.0. The largest absolute Gasteiger partial charge is 0.504 e. The number of alkyl halides is 3. The lowest BCUT2D eigenvalue weighted by atomic mass is 9.97. The maximum absolute atomic E-state index is 13.0. The summed E-state index contributed by atoms with van der Waals surface area (Å²) in [5.74, 6) is 0.375. The van der Waals surface area contributed by atoms with Crippen molar-refractivity contribution in [2.24, 2.45) is 0 Å². The summed E-state index contributed by atoms with van der Waals surface area (Å²) in [7, 11) is 0. The van der Waals surface area contributed by atoms with Crippen molar-refractivity contribution < 1.29 is 23.0 Å². The zero-order chi connectivity index (χ0) is 23.6. The monoisotopic (exact) mass is 474 g/mol. The minimum atomic E-state index is -4.41. The third-order valence-electron chi connectivity index (χ3n) is 5.37. The number of hydrogen-bond acceptors (Lipinski definition) is 4. The molecule has 8 heteroatoms. The fraction of sp³-hybridized carbons (Fsp3) is 0.200. The Morgan fingerprint density at radius 1 is 1.00 bits per heavy atom. The standard InChI is InChI=1S/C25H22ClF3N2O2/c1-2-33-22-5-3-4-19(23(22)32)21-14-20(15-8-12-18(26)13-9-15)30-24(31-21)16-6-10-17(11-7-16)25(27,28)29/h3-14,21,24,30-32H,2H2,1H3. The van der Waals surface area contributed by atoms with Crippen LogP contribution in [0.2, 0.25) is 5.02 Å². The zero-order valence-corrected chi connectivity index (χ0v) is 18.4. The van der Waals surface area contributed by atoms with Crippen molar-refractivity contribution in [2.75, 3.05) is 6.61 Å². The van der Waals surface area contributed by atoms with Crippen molar-refractivity contribution in [3.8, 4) is 11.5 Å². The Kier molecular flexibility index (Phi) is 6.54. The topological polar surface area (TPSA) is 53.5 Å². The molecule has 0 aromatic heterocycles. The minimum Gasteiger partial charge on any atom is -0.504 e. The quantitative estimate of drug-likeness (QED) is 0.398. The van der Waals surface area contributed by atoms with Crippen LogP contribution in [0.5, 0.6) is 11.5 Å². The first-order chi connectivity index (χ1) is 15.8. The smallest absolute Gasteiger partial charge is 0.416 e. The normalized spacial score (nSPS) is 18.4. The molecule has 0 radical (unpaired) electrons. The molecule has 172 valence electrons. The highest BCUT2D eigenvalue weighted by Crippen LogP contribution is 2.38. The van der Waals surface area contributed by atoms with E-state index in [-0.39, 0.29) is 5.75 Å². The Balaban J connectivity index is 1.73. The number of benzene rings is 3. The van der Waals surface area contributed by atoms with Crippen LogP contribution in [-0.4, -0.2) is 11.7 Å². The number of halogens is 4. The van der Waals surface area contributed by atoms with Gasteiger partial charge in [-0.2, -0.15) is 13.2 Å². The highest BCUT2D eigenvalue weighted by molar-refractivity contribution is 6.30. The van der Waals surface area contributed by atoms with Crippen molar-refractivity contribution in [2.45, 2.75) is 25.3 Å². The molecule has 3 N–H and O–H groups in total. The van der Waals surface area contributed by atoms with Gasteiger partial charge in [-0.25, -0.2) is 0 Å². The van der Waals surface area contributed by atoms with Gasteiger partial charge in [0.25, 0.3) is 0 Å². The Bertz CT molecular complexity index is 1150. The van der Waals surface area contributed by atoms with Gasteiger partial charge in [-0.3, -0.25) is 5.32 Å². The summed E-state index contributed by atoms with van der Waals surface area (Å²) >= 11 is 6.03. The molecule has 3 aromatic rings. The predicted octanol–water partition coefficient (Wildman–Crippen LogP) is 6.44. The highest BCUT2D eigenvalue weighted by Gasteiger charge is 2.31. The number of rotatable bonds is 5. The van der Waals surface area contributed by atoms with Gasteiger partial charge < -0.3 is 15.2 Å². The van der Waals surface area contributed by atoms with Gasteiger partial charge in [0.1, 0.15) is 6.17 Å². The molecule has 0 saturated carbocycles. The SMILES string of the molecule is CCOc1cccc(C2C=C(c3ccc(Cl)cc3)NC(c3ccc(C(F)(F)F)cc3)N2)c1O. The first-order valence-electron chi connectivity index (χ1n) is 10.4. The molecule has 2 unspecified atom stereocenters. The number of phenols is 1. The zero-order valence-electron chi connectivity index (χ0n) is 17.7. The number of para-hydroxylation sites is 1. The molecule has 0 amide bonds. The fourth-order valence-corrected chi connectivity index (χ4v) is 3.86. The predicted molar refractivity (Wildman–Crippen MR) is 122 cm³/mol. The molecule has 0 saturated heterocycles. The summed E-state index contributed by atoms with van der Waals surface area (Å²) in [5, 5.41) is 18.1. The Morgan fingerprint density at radius 3 is 2.33 bits per heavy atom. The molecule has 1 heterocycles. The van der Waals surface area contributed by atoms with Crippen molar-refractivity contribution in [3.05, 3.63) is 100 Å². The van der Waals surface area contributed by atoms with E-state index in [0.29, 0.717) is 28.5 Å². The molecule has 0 bridgehead atoms. The number of phenolic OH excluding ortho intramolecular Hbond substituents is 1. The molecular weight excluding hydrogens is 453 g/mol. The van der Waals surface area contributed by atoms with Gasteiger partial charge in [0.15, 0.2) is 11.5 Å². The maximum atomic E-state index is 13.0. The second-order valence-corrected chi connectivity index (χ2v) is 7.99. The molecule has 33 heavy (non-hydrogen) atoms. The lowest BCUT2D eigenvalue weighted by Crippen LogP contribution is -2.39. The van der Waals surface area contributed by atoms with Gasteiger partial charge in [0.05, 0.1) is 18.2 Å². The minimum absolute atomic E-state index is 0.0108. The van der Waals surface area contributed by atoms with Crippen LogP contribution in [0.3, 0.4) is 0 Å². The van der Waals surface area contributed by atoms with E-state index in [1.807, 2.05) is 25.1 Å². The fourth-order valence-electron chi connectivity index (χ4n) is 3.73. The number of aromatic hydroxyl groups is 1. The Labute approximate surface area is 194 Å². The van der Waals surface area contributed by atoms with Gasteiger partial charge in [-0.1, -0.05) is 48.0 Å². The second-order valence-electron chi connectivity index (χ2n) is 7.56. The van der Waals surface area contributed by atoms with Crippen LogP contribution >= 0.6 is 11.6 Å². The Morgan fingerprint density at radius 2 is 1.70 bits per heavy atom. The molecule has 4 nitrogen and oxygen atoms in total. The van der Waals surface area contributed by atoms with Crippen LogP contribution in [0.15, 0.2) is 72.8 Å². The first-order valence-corrected chi connectivity index (χ1v) is 10.8. The molecule has 1 aliphatic heterocycles. The second kappa shape index (κ2) is 9.37. The van der Waals surface area contributed by atoms with Crippen LogP contribution in [0, 0.1) is 0 Å². The average Bonchev–Trinajstić information content (AvgIpc) is 2.80. The van der Waals surface area contributed by atoms with Gasteiger partial charge in [-0.15, -0.1) is 0 Å². The van der Waals surface area contributed by atoms with E-state index in [2.05, 4.69) is 10.6 Å². The van der Waals surface area contributed by atoms with Crippen molar-refractivity contribution in [1.82, 2.24) is 10.6 Å². The van der Waals surface area contributed by atoms with Crippen molar-refractivity contribution >= 4 is 17.3 Å². The molecule has 2 atom stereocenters. The van der Waals surface area contributed by atoms with Crippen molar-refractivity contribution in [1.29, 1.82) is 0 Å². The summed E-state index contributed by atoms with van der Waals surface area (Å²) in [6.07, 6.45) is -3.01. The van der Waals surface area contributed by atoms with Crippen LogP contribution in [0.4, 0.5) is 13.2 Å². The van der Waals surface area contributed by atoms with E-state index in [0.717, 1.165) is 23.4 Å². The maximum Gasteiger partial charge on any atom is 0.416 e. The third kappa shape index (κ3) is 5.10. The number of ether oxygens (including phenoxy) is 1. The molecule has 4 rings (SSSR count). The molecule has 0 aliphatic carbocycles. The summed E-state index contributed by atoms with van der Waals surface area (Å²) in [5.41, 5.74) is 2.10. The van der Waals surface area contributed by atoms with Crippen molar-refractivity contribution in [3.63, 3.8) is 0 Å². The van der Waals surface area contributed by atoms with Crippen LogP contribution in [0.25, 0.3) is 5.70 Å². The first kappa shape index (κ1) is 23.0. The summed E-state index contributed by atoms with van der Waals surface area (Å²) in [4.78, 5) is 0. The van der Waals surface area contributed by atoms with E-state index in [1.54, 1.807) is 30.3 Å². The van der Waals surface area contributed by atoms with E-state index in [4.69, 9.17) is 16.3 Å². The van der Waals surface area contributed by atoms with E-state index < -0.39 is 23.9 Å². The Hall–Kier alpha value is -3.16. The van der Waals surface area contributed by atoms with Gasteiger partial charge in [0.2, 0.25) is 0 Å². The molecule has 0 fully saturated rings. The van der Waals surface area contributed by atoms with E-state index >= 15 is 0 Å². The third-order valence-corrected chi connectivity index (χ3v) is 5.62. The molecule has 3 aromatic carbocycles. The van der Waals surface area contributed by atoms with Gasteiger partial charge >= 0.3 is 6.18 Å². The van der Waals surface area contributed by atoms with Crippen LogP contribution in [-0.2, 0) is 6.18 Å². The van der Waals surface area contributed by atoms with Crippen LogP contribution < -0.4 is 15.4 Å². The highest BCUT2D eigenvalue weighted by atomic mass is 35.5. The van der Waals surface area contributed by atoms with E-state index in [1.165, 1.54) is 12.1 Å². The number of hydrogen-bond donors (Lipinski definition) is 3. The lowest BCUT2D eigenvalue weighted by Gasteiger charge is -2.33. The molecule has 0 spiro atoms. The number of nitrogens with one attached hydrogen (secondary N) is 2. The summed E-state index contributed by atoms with van der Waals surface area (Å²) < 4.78 is 44.6. The van der Waals surface area contributed by atoms with Gasteiger partial charge in [0, 0.05) is 16.3 Å². The summed E-state index contributed by atoms with van der Waals surface area (Å²) in [6.45, 7) is 2.23. The van der Waals surface area contributed by atoms with Gasteiger partial charge in [-0.05, 0) is 54.5 Å². The average molecular weight is 475 g/mol. The van der Waals surface area contributed by atoms with Crippen LogP contribution in [0.1, 0.15) is 41.4 Å². The molecule has 1 aliphatic rings. The van der Waals surface area contributed by atoms with E-state index in [9.17, 15) is 18.3 Å². The lowest BCUT2D eigenvalue weighted by molar-refractivity contribution is -0.137.